The average molecular weight is 455 g/mol. The topological polar surface area (TPSA) is 149 Å². The summed E-state index contributed by atoms with van der Waals surface area (Å²) < 4.78 is 5.93. The summed E-state index contributed by atoms with van der Waals surface area (Å²) in [7, 11) is 0. The van der Waals surface area contributed by atoms with Crippen molar-refractivity contribution in [2.75, 3.05) is 11.9 Å². The Morgan fingerprint density at radius 2 is 1.88 bits per heavy atom. The van der Waals surface area contributed by atoms with Gasteiger partial charge in [0.2, 0.25) is 5.91 Å². The second-order valence-electron chi connectivity index (χ2n) is 8.34. The molecule has 3 aromatic rings. The number of hydrogen-bond donors (Lipinski definition) is 3. The summed E-state index contributed by atoms with van der Waals surface area (Å²) in [6.07, 6.45) is 0.134. The molecule has 0 aliphatic heterocycles. The normalized spacial score (nSPS) is 11.2. The Labute approximate surface area is 189 Å². The minimum Gasteiger partial charge on any atom is -0.444 e. The predicted octanol–water partition coefficient (Wildman–Crippen LogP) is 4.09. The molecule has 174 valence electrons. The molecule has 0 saturated heterocycles. The minimum absolute atomic E-state index is 0.149. The summed E-state index contributed by atoms with van der Waals surface area (Å²) in [6.45, 7) is 5.63. The second kappa shape index (κ2) is 9.55. The van der Waals surface area contributed by atoms with Gasteiger partial charge >= 0.3 is 6.09 Å². The fourth-order valence-electron chi connectivity index (χ4n) is 3.03. The Bertz CT molecular complexity index is 1180. The Balaban J connectivity index is 1.56. The molecule has 3 N–H and O–H groups in total. The number of rotatable bonds is 7. The lowest BCUT2D eigenvalue weighted by Gasteiger charge is -2.19. The van der Waals surface area contributed by atoms with E-state index < -0.39 is 16.6 Å². The van der Waals surface area contributed by atoms with Crippen LogP contribution < -0.4 is 10.6 Å². The van der Waals surface area contributed by atoms with Crippen molar-refractivity contribution in [3.8, 4) is 11.4 Å². The number of anilines is 1. The number of alkyl carbamates (subject to hydrolysis) is 1. The zero-order chi connectivity index (χ0) is 24.2. The van der Waals surface area contributed by atoms with Crippen molar-refractivity contribution in [3.63, 3.8) is 0 Å². The summed E-state index contributed by atoms with van der Waals surface area (Å²) >= 11 is 0. The number of benzene rings is 2. The first-order valence-electron chi connectivity index (χ1n) is 10.3. The van der Waals surface area contributed by atoms with Crippen molar-refractivity contribution in [1.29, 1.82) is 0 Å². The molecule has 0 fully saturated rings. The van der Waals surface area contributed by atoms with Crippen molar-refractivity contribution >= 4 is 34.4 Å². The molecule has 33 heavy (non-hydrogen) atoms. The zero-order valence-electron chi connectivity index (χ0n) is 18.5. The number of aromatic nitrogens is 2. The summed E-state index contributed by atoms with van der Waals surface area (Å²) in [6, 6.07) is 10.7. The van der Waals surface area contributed by atoms with Crippen LogP contribution in [-0.4, -0.2) is 44.0 Å². The van der Waals surface area contributed by atoms with E-state index in [9.17, 15) is 24.9 Å². The number of nitrogens with zero attached hydrogens (tertiary/aromatic N) is 3. The summed E-state index contributed by atoms with van der Waals surface area (Å²) in [5, 5.41) is 26.7. The fourth-order valence-corrected chi connectivity index (χ4v) is 3.03. The average Bonchev–Trinajstić information content (AvgIpc) is 3.06. The fraction of sp³-hybridized carbons (Fsp3) is 0.318. The third-order valence-corrected chi connectivity index (χ3v) is 4.50. The maximum absolute atomic E-state index is 12.1. The van der Waals surface area contributed by atoms with Crippen LogP contribution in [0.4, 0.5) is 16.2 Å². The van der Waals surface area contributed by atoms with Crippen LogP contribution in [0.25, 0.3) is 22.4 Å². The van der Waals surface area contributed by atoms with E-state index in [0.29, 0.717) is 29.7 Å². The molecule has 0 aliphatic carbocycles. The van der Waals surface area contributed by atoms with Gasteiger partial charge in [-0.05, 0) is 57.5 Å². The monoisotopic (exact) mass is 455 g/mol. The Hall–Kier alpha value is -4.15. The Morgan fingerprint density at radius 3 is 2.52 bits per heavy atom. The number of nitro benzene ring substituents is 1. The predicted molar refractivity (Wildman–Crippen MR) is 121 cm³/mol. The van der Waals surface area contributed by atoms with Crippen LogP contribution in [0.15, 0.2) is 42.5 Å². The number of amides is 2. The number of carbonyl (C=O) groups excluding carboxylic acids is 2. The van der Waals surface area contributed by atoms with Gasteiger partial charge in [-0.3, -0.25) is 14.9 Å². The molecule has 0 radical (unpaired) electrons. The van der Waals surface area contributed by atoms with Gasteiger partial charge in [-0.2, -0.15) is 4.73 Å². The van der Waals surface area contributed by atoms with Crippen molar-refractivity contribution in [2.45, 2.75) is 39.2 Å². The molecular formula is C22H25N5O6. The van der Waals surface area contributed by atoms with Crippen molar-refractivity contribution < 1.29 is 24.5 Å². The maximum Gasteiger partial charge on any atom is 0.407 e. The van der Waals surface area contributed by atoms with Gasteiger partial charge in [-0.15, -0.1) is 0 Å². The standard InChI is InChI=1S/C22H25N5O6/c1-22(2,3)33-21(29)23-12-4-5-19(28)24-15-8-6-14(7-9-15)20-25-17-11-10-16(27(31)32)13-18(17)26(20)30/h6-11,13,30H,4-5,12H2,1-3H3,(H,23,29)(H,24,28). The SMILES string of the molecule is CC(C)(C)OC(=O)NCCCC(=O)Nc1ccc(-c2nc3ccc([N+](=O)[O-])cc3n2O)cc1. The third kappa shape index (κ3) is 6.19. The Morgan fingerprint density at radius 1 is 1.18 bits per heavy atom. The van der Waals surface area contributed by atoms with E-state index in [1.54, 1.807) is 45.0 Å². The highest BCUT2D eigenvalue weighted by atomic mass is 16.6. The van der Waals surface area contributed by atoms with Crippen molar-refractivity contribution in [1.82, 2.24) is 15.0 Å². The number of imidazole rings is 1. The number of nitro groups is 1. The number of ether oxygens (including phenoxy) is 1. The highest BCUT2D eigenvalue weighted by Crippen LogP contribution is 2.27. The summed E-state index contributed by atoms with van der Waals surface area (Å²) in [5.74, 6) is 0.00652. The Kier molecular flexibility index (Phi) is 6.80. The molecule has 1 aromatic heterocycles. The van der Waals surface area contributed by atoms with E-state index in [4.69, 9.17) is 4.74 Å². The summed E-state index contributed by atoms with van der Waals surface area (Å²) in [4.78, 5) is 38.4. The molecule has 11 heteroatoms. The number of carbonyl (C=O) groups is 2. The van der Waals surface area contributed by atoms with Crippen LogP contribution in [0, 0.1) is 10.1 Å². The molecule has 2 amide bonds. The number of non-ortho nitro benzene ring substituents is 1. The van der Waals surface area contributed by atoms with Crippen LogP contribution in [0.2, 0.25) is 0 Å². The van der Waals surface area contributed by atoms with Crippen LogP contribution in [-0.2, 0) is 9.53 Å². The van der Waals surface area contributed by atoms with Crippen molar-refractivity contribution in [3.05, 3.63) is 52.6 Å². The molecule has 0 unspecified atom stereocenters. The van der Waals surface area contributed by atoms with E-state index in [1.165, 1.54) is 18.2 Å². The number of nitrogens with one attached hydrogen (secondary N) is 2. The third-order valence-electron chi connectivity index (χ3n) is 4.50. The first-order valence-corrected chi connectivity index (χ1v) is 10.3. The highest BCUT2D eigenvalue weighted by Gasteiger charge is 2.17. The lowest BCUT2D eigenvalue weighted by molar-refractivity contribution is -0.384. The highest BCUT2D eigenvalue weighted by molar-refractivity contribution is 5.91. The lowest BCUT2D eigenvalue weighted by Crippen LogP contribution is -2.33. The van der Waals surface area contributed by atoms with E-state index in [1.807, 2.05) is 0 Å². The van der Waals surface area contributed by atoms with E-state index in [0.717, 1.165) is 4.73 Å². The smallest absolute Gasteiger partial charge is 0.407 e. The maximum atomic E-state index is 12.1. The van der Waals surface area contributed by atoms with Crippen LogP contribution >= 0.6 is 0 Å². The number of fused-ring (bicyclic) bond motifs is 1. The zero-order valence-corrected chi connectivity index (χ0v) is 18.5. The molecule has 0 aliphatic rings. The van der Waals surface area contributed by atoms with E-state index >= 15 is 0 Å². The van der Waals surface area contributed by atoms with E-state index in [-0.39, 0.29) is 29.4 Å². The van der Waals surface area contributed by atoms with Gasteiger partial charge in [0.15, 0.2) is 5.82 Å². The first-order chi connectivity index (χ1) is 15.5. The second-order valence-corrected chi connectivity index (χ2v) is 8.34. The largest absolute Gasteiger partial charge is 0.444 e. The number of hydrogen-bond acceptors (Lipinski definition) is 7. The molecule has 0 saturated carbocycles. The molecule has 1 heterocycles. The van der Waals surface area contributed by atoms with Gasteiger partial charge in [-0.25, -0.2) is 9.78 Å². The minimum atomic E-state index is -0.578. The molecule has 0 atom stereocenters. The van der Waals surface area contributed by atoms with E-state index in [2.05, 4.69) is 15.6 Å². The lowest BCUT2D eigenvalue weighted by atomic mass is 10.2. The molecule has 0 spiro atoms. The van der Waals surface area contributed by atoms with Crippen LogP contribution in [0.3, 0.4) is 0 Å². The van der Waals surface area contributed by atoms with Gasteiger partial charge < -0.3 is 20.6 Å². The van der Waals surface area contributed by atoms with Gasteiger partial charge in [0, 0.05) is 36.3 Å². The summed E-state index contributed by atoms with van der Waals surface area (Å²) in [5.41, 5.74) is 1.03. The molecule has 2 aromatic carbocycles. The molecular weight excluding hydrogens is 430 g/mol. The van der Waals surface area contributed by atoms with Gasteiger partial charge in [0.1, 0.15) is 11.1 Å². The van der Waals surface area contributed by atoms with Gasteiger partial charge in [0.25, 0.3) is 5.69 Å². The van der Waals surface area contributed by atoms with Crippen LogP contribution in [0.1, 0.15) is 33.6 Å². The molecule has 3 rings (SSSR count). The molecule has 11 nitrogen and oxygen atoms in total. The van der Waals surface area contributed by atoms with Crippen LogP contribution in [0.5, 0.6) is 0 Å². The quantitative estimate of drug-likeness (QED) is 0.210. The van der Waals surface area contributed by atoms with Gasteiger partial charge in [0.05, 0.1) is 10.4 Å². The van der Waals surface area contributed by atoms with Crippen molar-refractivity contribution in [2.24, 2.45) is 0 Å². The molecule has 0 bridgehead atoms. The van der Waals surface area contributed by atoms with Gasteiger partial charge in [-0.1, -0.05) is 0 Å². The first kappa shape index (κ1) is 23.5.